The summed E-state index contributed by atoms with van der Waals surface area (Å²) < 4.78 is 9.68. The van der Waals surface area contributed by atoms with E-state index in [-0.39, 0.29) is 24.3 Å². The van der Waals surface area contributed by atoms with Gasteiger partial charge >= 0.3 is 17.9 Å². The minimum atomic E-state index is -1.27. The lowest BCUT2D eigenvalue weighted by molar-refractivity contribution is -0.146. The fourth-order valence-electron chi connectivity index (χ4n) is 2.14. The van der Waals surface area contributed by atoms with Crippen LogP contribution < -0.4 is 10.1 Å². The fourth-order valence-corrected chi connectivity index (χ4v) is 2.14. The number of esters is 2. The van der Waals surface area contributed by atoms with Crippen LogP contribution in [-0.2, 0) is 19.1 Å². The van der Waals surface area contributed by atoms with Gasteiger partial charge in [0, 0.05) is 12.5 Å². The molecule has 25 heavy (non-hydrogen) atoms. The molecule has 0 saturated carbocycles. The second-order valence-corrected chi connectivity index (χ2v) is 5.40. The lowest BCUT2D eigenvalue weighted by Crippen LogP contribution is -2.45. The van der Waals surface area contributed by atoms with Crippen LogP contribution in [-0.4, -0.2) is 41.6 Å². The number of rotatable bonds is 8. The quantitative estimate of drug-likeness (QED) is 0.536. The number of amides is 1. The third kappa shape index (κ3) is 6.62. The molecule has 0 fully saturated rings. The minimum absolute atomic E-state index is 0.133. The van der Waals surface area contributed by atoms with Crippen LogP contribution in [0.25, 0.3) is 0 Å². The number of benzene rings is 1. The number of nitrogens with one attached hydrogen (secondary N) is 1. The summed E-state index contributed by atoms with van der Waals surface area (Å²) in [6.07, 6.45) is -0.140. The largest absolute Gasteiger partial charge is 0.480 e. The van der Waals surface area contributed by atoms with Crippen LogP contribution in [0.15, 0.2) is 24.3 Å². The Kier molecular flexibility index (Phi) is 7.58. The van der Waals surface area contributed by atoms with E-state index in [4.69, 9.17) is 9.47 Å². The summed E-state index contributed by atoms with van der Waals surface area (Å²) in [6, 6.07) is 4.51. The number of carbonyl (C=O) groups excluding carboxylic acids is 3. The topological polar surface area (TPSA) is 119 Å². The zero-order valence-corrected chi connectivity index (χ0v) is 14.3. The fraction of sp³-hybridized carbons (Fsp3) is 0.412. The number of carboxylic acids is 1. The van der Waals surface area contributed by atoms with Crippen LogP contribution in [0.4, 0.5) is 0 Å². The lowest BCUT2D eigenvalue weighted by atomic mass is 9.98. The molecule has 2 atom stereocenters. The third-order valence-electron chi connectivity index (χ3n) is 3.27. The molecule has 2 N–H and O–H groups in total. The molecule has 0 aromatic heterocycles. The normalized spacial score (nSPS) is 12.6. The van der Waals surface area contributed by atoms with Gasteiger partial charge < -0.3 is 19.9 Å². The van der Waals surface area contributed by atoms with Gasteiger partial charge in [-0.25, -0.2) is 4.79 Å². The second kappa shape index (κ2) is 9.41. The first-order valence-corrected chi connectivity index (χ1v) is 7.72. The van der Waals surface area contributed by atoms with Gasteiger partial charge in [-0.2, -0.15) is 0 Å². The third-order valence-corrected chi connectivity index (χ3v) is 3.27. The van der Waals surface area contributed by atoms with Crippen molar-refractivity contribution in [1.82, 2.24) is 5.32 Å². The average molecular weight is 351 g/mol. The van der Waals surface area contributed by atoms with E-state index >= 15 is 0 Å². The van der Waals surface area contributed by atoms with E-state index in [1.54, 1.807) is 6.92 Å². The molecule has 8 heteroatoms. The van der Waals surface area contributed by atoms with E-state index in [0.717, 1.165) is 0 Å². The molecule has 0 aliphatic heterocycles. The zero-order chi connectivity index (χ0) is 19.0. The predicted octanol–water partition coefficient (Wildman–Crippen LogP) is 1.38. The molecule has 0 unspecified atom stereocenters. The molecule has 1 aromatic rings. The summed E-state index contributed by atoms with van der Waals surface area (Å²) in [5.74, 6) is -3.49. The van der Waals surface area contributed by atoms with Gasteiger partial charge in [0.05, 0.1) is 13.0 Å². The van der Waals surface area contributed by atoms with Gasteiger partial charge in [0.25, 0.3) is 5.91 Å². The molecule has 0 saturated heterocycles. The predicted molar refractivity (Wildman–Crippen MR) is 87.1 cm³/mol. The maximum absolute atomic E-state index is 12.3. The molecular weight excluding hydrogens is 330 g/mol. The molecule has 0 bridgehead atoms. The number of carbonyl (C=O) groups is 4. The summed E-state index contributed by atoms with van der Waals surface area (Å²) in [5.41, 5.74) is 0.133. The second-order valence-electron chi connectivity index (χ2n) is 5.40. The monoisotopic (exact) mass is 351 g/mol. The van der Waals surface area contributed by atoms with Gasteiger partial charge in [-0.3, -0.25) is 14.4 Å². The van der Waals surface area contributed by atoms with Crippen LogP contribution in [0.5, 0.6) is 5.75 Å². The highest BCUT2D eigenvalue weighted by atomic mass is 16.5. The molecule has 0 aliphatic rings. The van der Waals surface area contributed by atoms with Crippen molar-refractivity contribution in [2.45, 2.75) is 33.2 Å². The van der Waals surface area contributed by atoms with Crippen molar-refractivity contribution in [2.24, 2.45) is 5.92 Å². The summed E-state index contributed by atoms with van der Waals surface area (Å²) in [4.78, 5) is 46.2. The Morgan fingerprint density at radius 2 is 1.92 bits per heavy atom. The molecule has 0 radical (unpaired) electrons. The van der Waals surface area contributed by atoms with E-state index in [0.29, 0.717) is 0 Å². The standard InChI is InChI=1S/C17H21NO7/c1-4-24-14(20)8-10(2)15(17(22)23)18-16(21)12-6-5-7-13(9-12)25-11(3)19/h5-7,9-10,15H,4,8H2,1-3H3,(H,18,21)(H,22,23)/t10-,15-/m1/s1. The number of hydrogen-bond donors (Lipinski definition) is 2. The van der Waals surface area contributed by atoms with Gasteiger partial charge in [0.15, 0.2) is 0 Å². The maximum atomic E-state index is 12.3. The Hall–Kier alpha value is -2.90. The number of ether oxygens (including phenoxy) is 2. The van der Waals surface area contributed by atoms with Crippen LogP contribution in [0, 0.1) is 5.92 Å². The zero-order valence-electron chi connectivity index (χ0n) is 14.3. The molecule has 1 aromatic carbocycles. The Labute approximate surface area is 145 Å². The van der Waals surface area contributed by atoms with Gasteiger partial charge in [-0.1, -0.05) is 13.0 Å². The van der Waals surface area contributed by atoms with Crippen molar-refractivity contribution >= 4 is 23.8 Å². The van der Waals surface area contributed by atoms with E-state index < -0.39 is 35.8 Å². The SMILES string of the molecule is CCOC(=O)C[C@@H](C)[C@@H](NC(=O)c1cccc(OC(C)=O)c1)C(=O)O. The first kappa shape index (κ1) is 20.1. The highest BCUT2D eigenvalue weighted by Gasteiger charge is 2.29. The van der Waals surface area contributed by atoms with E-state index in [1.165, 1.54) is 38.1 Å². The van der Waals surface area contributed by atoms with Crippen LogP contribution >= 0.6 is 0 Å². The number of aliphatic carboxylic acids is 1. The van der Waals surface area contributed by atoms with E-state index in [2.05, 4.69) is 5.32 Å². The molecule has 136 valence electrons. The summed E-state index contributed by atoms with van der Waals surface area (Å²) in [7, 11) is 0. The van der Waals surface area contributed by atoms with Crippen LogP contribution in [0.3, 0.4) is 0 Å². The van der Waals surface area contributed by atoms with E-state index in [9.17, 15) is 24.3 Å². The lowest BCUT2D eigenvalue weighted by Gasteiger charge is -2.21. The Morgan fingerprint density at radius 3 is 2.48 bits per heavy atom. The first-order valence-electron chi connectivity index (χ1n) is 7.72. The van der Waals surface area contributed by atoms with Gasteiger partial charge in [0.1, 0.15) is 11.8 Å². The van der Waals surface area contributed by atoms with Gasteiger partial charge in [-0.15, -0.1) is 0 Å². The molecule has 8 nitrogen and oxygen atoms in total. The Bertz CT molecular complexity index is 656. The number of hydrogen-bond acceptors (Lipinski definition) is 6. The van der Waals surface area contributed by atoms with Crippen molar-refractivity contribution in [2.75, 3.05) is 6.61 Å². The summed E-state index contributed by atoms with van der Waals surface area (Å²) >= 11 is 0. The summed E-state index contributed by atoms with van der Waals surface area (Å²) in [5, 5.41) is 11.7. The van der Waals surface area contributed by atoms with E-state index in [1.807, 2.05) is 0 Å². The summed E-state index contributed by atoms with van der Waals surface area (Å²) in [6.45, 7) is 4.60. The smallest absolute Gasteiger partial charge is 0.326 e. The highest BCUT2D eigenvalue weighted by Crippen LogP contribution is 2.15. The maximum Gasteiger partial charge on any atom is 0.326 e. The average Bonchev–Trinajstić information content (AvgIpc) is 2.51. The molecule has 1 rings (SSSR count). The van der Waals surface area contributed by atoms with Crippen molar-refractivity contribution in [3.8, 4) is 5.75 Å². The van der Waals surface area contributed by atoms with Crippen molar-refractivity contribution in [3.63, 3.8) is 0 Å². The van der Waals surface area contributed by atoms with Crippen molar-refractivity contribution in [1.29, 1.82) is 0 Å². The Balaban J connectivity index is 2.84. The molecule has 1 amide bonds. The van der Waals surface area contributed by atoms with Gasteiger partial charge in [0.2, 0.25) is 0 Å². The minimum Gasteiger partial charge on any atom is -0.480 e. The van der Waals surface area contributed by atoms with Crippen molar-refractivity contribution < 1.29 is 33.8 Å². The van der Waals surface area contributed by atoms with Gasteiger partial charge in [-0.05, 0) is 31.0 Å². The molecule has 0 aliphatic carbocycles. The first-order chi connectivity index (χ1) is 11.7. The van der Waals surface area contributed by atoms with Crippen molar-refractivity contribution in [3.05, 3.63) is 29.8 Å². The highest BCUT2D eigenvalue weighted by molar-refractivity contribution is 5.97. The van der Waals surface area contributed by atoms with Crippen LogP contribution in [0.1, 0.15) is 37.6 Å². The molecule has 0 heterocycles. The molecule has 0 spiro atoms. The number of carboxylic acid groups (broad SMARTS) is 1. The van der Waals surface area contributed by atoms with Crippen LogP contribution in [0.2, 0.25) is 0 Å². The molecular formula is C17H21NO7. The Morgan fingerprint density at radius 1 is 1.24 bits per heavy atom.